The van der Waals surface area contributed by atoms with Crippen molar-refractivity contribution in [3.8, 4) is 5.75 Å². The van der Waals surface area contributed by atoms with Crippen molar-refractivity contribution in [1.29, 1.82) is 0 Å². The average Bonchev–Trinajstić information content (AvgIpc) is 2.82. The highest BCUT2D eigenvalue weighted by Gasteiger charge is 2.11. The van der Waals surface area contributed by atoms with Gasteiger partial charge < -0.3 is 15.8 Å². The molecule has 18 heavy (non-hydrogen) atoms. The Balaban J connectivity index is 2.14. The third-order valence-electron chi connectivity index (χ3n) is 2.75. The first kappa shape index (κ1) is 12.9. The molecule has 0 aliphatic carbocycles. The third-order valence-corrected chi connectivity index (χ3v) is 3.87. The molecule has 1 atom stereocenters. The highest BCUT2D eigenvalue weighted by molar-refractivity contribution is 7.12. The zero-order chi connectivity index (χ0) is 13.0. The highest BCUT2D eigenvalue weighted by atomic mass is 32.1. The van der Waals surface area contributed by atoms with Gasteiger partial charge in [0.25, 0.3) is 0 Å². The summed E-state index contributed by atoms with van der Waals surface area (Å²) in [7, 11) is 1.67. The van der Waals surface area contributed by atoms with Gasteiger partial charge in [0.05, 0.1) is 13.2 Å². The number of ether oxygens (including phenoxy) is 1. The molecular weight excluding hydrogens is 244 g/mol. The van der Waals surface area contributed by atoms with E-state index in [9.17, 15) is 0 Å². The van der Waals surface area contributed by atoms with Gasteiger partial charge in [-0.2, -0.15) is 0 Å². The van der Waals surface area contributed by atoms with Crippen LogP contribution >= 0.6 is 11.3 Å². The standard InChI is InChI=1S/C14H18N2OS/c1-10-6-7-14(18-10)13(9-15)16-11-4-3-5-12(8-11)17-2/h3-8,13,16H,9,15H2,1-2H3. The Morgan fingerprint density at radius 1 is 1.33 bits per heavy atom. The molecule has 1 unspecified atom stereocenters. The predicted octanol–water partition coefficient (Wildman–Crippen LogP) is 3.18. The van der Waals surface area contributed by atoms with E-state index in [1.165, 1.54) is 9.75 Å². The van der Waals surface area contributed by atoms with Crippen molar-refractivity contribution in [2.75, 3.05) is 19.0 Å². The molecule has 0 amide bonds. The molecule has 0 bridgehead atoms. The fourth-order valence-corrected chi connectivity index (χ4v) is 2.74. The van der Waals surface area contributed by atoms with E-state index < -0.39 is 0 Å². The Morgan fingerprint density at radius 2 is 2.17 bits per heavy atom. The molecule has 0 saturated heterocycles. The molecule has 0 spiro atoms. The first-order chi connectivity index (χ1) is 8.72. The maximum atomic E-state index is 5.85. The van der Waals surface area contributed by atoms with Gasteiger partial charge >= 0.3 is 0 Å². The maximum absolute atomic E-state index is 5.85. The fraction of sp³-hybridized carbons (Fsp3) is 0.286. The van der Waals surface area contributed by atoms with Gasteiger partial charge in [0.15, 0.2) is 0 Å². The summed E-state index contributed by atoms with van der Waals surface area (Å²) < 4.78 is 5.21. The Kier molecular flexibility index (Phi) is 4.23. The number of nitrogens with two attached hydrogens (primary N) is 1. The fourth-order valence-electron chi connectivity index (χ4n) is 1.80. The molecule has 0 radical (unpaired) electrons. The molecule has 1 heterocycles. The molecule has 2 rings (SSSR count). The summed E-state index contributed by atoms with van der Waals surface area (Å²) in [6.07, 6.45) is 0. The number of anilines is 1. The van der Waals surface area contributed by atoms with Crippen LogP contribution in [-0.2, 0) is 0 Å². The Labute approximate surface area is 112 Å². The van der Waals surface area contributed by atoms with Crippen LogP contribution in [0.5, 0.6) is 5.75 Å². The monoisotopic (exact) mass is 262 g/mol. The summed E-state index contributed by atoms with van der Waals surface area (Å²) in [6.45, 7) is 2.67. The summed E-state index contributed by atoms with van der Waals surface area (Å²) in [6, 6.07) is 12.3. The lowest BCUT2D eigenvalue weighted by Crippen LogP contribution is -2.19. The van der Waals surface area contributed by atoms with Crippen LogP contribution in [0.3, 0.4) is 0 Å². The smallest absolute Gasteiger partial charge is 0.120 e. The second-order valence-corrected chi connectivity index (χ2v) is 5.43. The second-order valence-electron chi connectivity index (χ2n) is 4.11. The summed E-state index contributed by atoms with van der Waals surface area (Å²) in [5.74, 6) is 0.845. The lowest BCUT2D eigenvalue weighted by atomic mass is 10.2. The van der Waals surface area contributed by atoms with Crippen molar-refractivity contribution >= 4 is 17.0 Å². The Hall–Kier alpha value is -1.52. The van der Waals surface area contributed by atoms with Crippen LogP contribution in [0.25, 0.3) is 0 Å². The topological polar surface area (TPSA) is 47.3 Å². The Bertz CT molecular complexity index is 510. The second kappa shape index (κ2) is 5.89. The summed E-state index contributed by atoms with van der Waals surface area (Å²) in [5, 5.41) is 3.44. The van der Waals surface area contributed by atoms with Crippen LogP contribution in [0.2, 0.25) is 0 Å². The van der Waals surface area contributed by atoms with Crippen molar-refractivity contribution < 1.29 is 4.74 Å². The number of thiophene rings is 1. The average molecular weight is 262 g/mol. The van der Waals surface area contributed by atoms with Crippen LogP contribution in [0.1, 0.15) is 15.8 Å². The van der Waals surface area contributed by atoms with Gasteiger partial charge in [-0.05, 0) is 31.2 Å². The van der Waals surface area contributed by atoms with Gasteiger partial charge in [0.1, 0.15) is 5.75 Å². The minimum absolute atomic E-state index is 0.149. The molecule has 0 fully saturated rings. The number of aryl methyl sites for hydroxylation is 1. The number of hydrogen-bond donors (Lipinski definition) is 2. The van der Waals surface area contributed by atoms with Crippen molar-refractivity contribution in [1.82, 2.24) is 0 Å². The lowest BCUT2D eigenvalue weighted by molar-refractivity contribution is 0.415. The van der Waals surface area contributed by atoms with Crippen molar-refractivity contribution in [3.63, 3.8) is 0 Å². The largest absolute Gasteiger partial charge is 0.497 e. The van der Waals surface area contributed by atoms with Gasteiger partial charge in [-0.3, -0.25) is 0 Å². The molecule has 96 valence electrons. The minimum Gasteiger partial charge on any atom is -0.497 e. The molecule has 4 heteroatoms. The SMILES string of the molecule is COc1cccc(NC(CN)c2ccc(C)s2)c1. The number of nitrogens with one attached hydrogen (secondary N) is 1. The molecule has 1 aromatic heterocycles. The summed E-state index contributed by atoms with van der Waals surface area (Å²) in [5.41, 5.74) is 6.87. The predicted molar refractivity (Wildman–Crippen MR) is 77.5 cm³/mol. The van der Waals surface area contributed by atoms with Gasteiger partial charge in [0.2, 0.25) is 0 Å². The summed E-state index contributed by atoms with van der Waals surface area (Å²) >= 11 is 1.78. The van der Waals surface area contributed by atoms with Crippen LogP contribution in [-0.4, -0.2) is 13.7 Å². The molecule has 3 N–H and O–H groups in total. The van der Waals surface area contributed by atoms with E-state index >= 15 is 0 Å². The number of rotatable bonds is 5. The quantitative estimate of drug-likeness (QED) is 0.870. The van der Waals surface area contributed by atoms with E-state index in [0.29, 0.717) is 6.54 Å². The van der Waals surface area contributed by atoms with Crippen LogP contribution in [0.15, 0.2) is 36.4 Å². The van der Waals surface area contributed by atoms with E-state index in [1.54, 1.807) is 18.4 Å². The zero-order valence-electron chi connectivity index (χ0n) is 10.6. The molecule has 2 aromatic rings. The van der Waals surface area contributed by atoms with Crippen LogP contribution < -0.4 is 15.8 Å². The first-order valence-corrected chi connectivity index (χ1v) is 6.71. The van der Waals surface area contributed by atoms with Gasteiger partial charge in [-0.25, -0.2) is 0 Å². The van der Waals surface area contributed by atoms with E-state index in [4.69, 9.17) is 10.5 Å². The van der Waals surface area contributed by atoms with Gasteiger partial charge in [-0.15, -0.1) is 11.3 Å². The molecule has 1 aromatic carbocycles. The van der Waals surface area contributed by atoms with E-state index in [-0.39, 0.29) is 6.04 Å². The molecule has 0 aliphatic heterocycles. The van der Waals surface area contributed by atoms with Crippen molar-refractivity contribution in [3.05, 3.63) is 46.2 Å². The number of methoxy groups -OCH3 is 1. The van der Waals surface area contributed by atoms with Crippen molar-refractivity contribution in [2.24, 2.45) is 5.73 Å². The third kappa shape index (κ3) is 3.03. The highest BCUT2D eigenvalue weighted by Crippen LogP contribution is 2.26. The van der Waals surface area contributed by atoms with E-state index in [0.717, 1.165) is 11.4 Å². The maximum Gasteiger partial charge on any atom is 0.120 e. The molecule has 0 aliphatic rings. The minimum atomic E-state index is 0.149. The van der Waals surface area contributed by atoms with E-state index in [1.807, 2.05) is 24.3 Å². The number of hydrogen-bond acceptors (Lipinski definition) is 4. The molecule has 0 saturated carbocycles. The van der Waals surface area contributed by atoms with Crippen LogP contribution in [0.4, 0.5) is 5.69 Å². The summed E-state index contributed by atoms with van der Waals surface area (Å²) in [4.78, 5) is 2.56. The lowest BCUT2D eigenvalue weighted by Gasteiger charge is -2.17. The Morgan fingerprint density at radius 3 is 2.78 bits per heavy atom. The van der Waals surface area contributed by atoms with Gasteiger partial charge in [-0.1, -0.05) is 6.07 Å². The molecule has 3 nitrogen and oxygen atoms in total. The first-order valence-electron chi connectivity index (χ1n) is 5.90. The van der Waals surface area contributed by atoms with Crippen molar-refractivity contribution in [2.45, 2.75) is 13.0 Å². The van der Waals surface area contributed by atoms with E-state index in [2.05, 4.69) is 24.4 Å². The van der Waals surface area contributed by atoms with Crippen LogP contribution in [0, 0.1) is 6.92 Å². The van der Waals surface area contributed by atoms with Gasteiger partial charge in [0, 0.05) is 28.1 Å². The normalized spacial score (nSPS) is 12.2. The zero-order valence-corrected chi connectivity index (χ0v) is 11.5. The number of benzene rings is 1. The molecular formula is C14H18N2OS.